The predicted octanol–water partition coefficient (Wildman–Crippen LogP) is 3.96. The summed E-state index contributed by atoms with van der Waals surface area (Å²) in [5.41, 5.74) is 5.50. The minimum atomic E-state index is 0.0380. The van der Waals surface area contributed by atoms with Gasteiger partial charge < -0.3 is 14.8 Å². The van der Waals surface area contributed by atoms with E-state index in [1.807, 2.05) is 41.9 Å². The fraction of sp³-hybridized carbons (Fsp3) is 0.360. The quantitative estimate of drug-likeness (QED) is 0.630. The van der Waals surface area contributed by atoms with Gasteiger partial charge in [-0.05, 0) is 55.2 Å². The van der Waals surface area contributed by atoms with Crippen molar-refractivity contribution in [3.8, 4) is 11.5 Å². The van der Waals surface area contributed by atoms with Gasteiger partial charge in [0.25, 0.3) is 0 Å². The lowest BCUT2D eigenvalue weighted by atomic mass is 10.1. The number of aryl methyl sites for hydroxylation is 3. The Bertz CT molecular complexity index is 1060. The summed E-state index contributed by atoms with van der Waals surface area (Å²) in [6.07, 6.45) is 1.99. The van der Waals surface area contributed by atoms with Crippen molar-refractivity contribution in [2.75, 3.05) is 13.2 Å². The van der Waals surface area contributed by atoms with Gasteiger partial charge in [0.2, 0.25) is 5.91 Å². The topological polar surface area (TPSA) is 65.4 Å². The first-order valence-corrected chi connectivity index (χ1v) is 10.8. The zero-order chi connectivity index (χ0) is 21.6. The molecule has 4 rings (SSSR count). The molecule has 1 aromatic heterocycles. The van der Waals surface area contributed by atoms with E-state index in [2.05, 4.69) is 35.5 Å². The van der Waals surface area contributed by atoms with Crippen molar-refractivity contribution in [3.63, 3.8) is 0 Å². The first-order chi connectivity index (χ1) is 15.1. The molecule has 6 nitrogen and oxygen atoms in total. The molecule has 2 heterocycles. The van der Waals surface area contributed by atoms with Crippen LogP contribution in [0.5, 0.6) is 11.5 Å². The molecule has 1 aliphatic rings. The lowest BCUT2D eigenvalue weighted by Crippen LogP contribution is -2.23. The maximum absolute atomic E-state index is 12.4. The number of benzene rings is 2. The molecule has 3 aromatic rings. The van der Waals surface area contributed by atoms with Crippen molar-refractivity contribution < 1.29 is 14.3 Å². The fourth-order valence-electron chi connectivity index (χ4n) is 3.76. The minimum Gasteiger partial charge on any atom is -0.490 e. The highest BCUT2D eigenvalue weighted by atomic mass is 16.5. The lowest BCUT2D eigenvalue weighted by Gasteiger charge is -2.10. The molecule has 6 heteroatoms. The smallest absolute Gasteiger partial charge is 0.220 e. The van der Waals surface area contributed by atoms with E-state index in [0.717, 1.165) is 47.0 Å². The van der Waals surface area contributed by atoms with E-state index in [0.29, 0.717) is 32.6 Å². The van der Waals surface area contributed by atoms with E-state index >= 15 is 0 Å². The van der Waals surface area contributed by atoms with Gasteiger partial charge in [-0.2, -0.15) is 5.10 Å². The molecule has 0 radical (unpaired) electrons. The van der Waals surface area contributed by atoms with Crippen LogP contribution in [0, 0.1) is 13.8 Å². The van der Waals surface area contributed by atoms with Crippen molar-refractivity contribution >= 4 is 5.91 Å². The number of amides is 1. The third-order valence-corrected chi connectivity index (χ3v) is 5.37. The summed E-state index contributed by atoms with van der Waals surface area (Å²) in [7, 11) is 0. The maximum Gasteiger partial charge on any atom is 0.220 e. The van der Waals surface area contributed by atoms with E-state index in [9.17, 15) is 4.79 Å². The molecule has 0 aliphatic carbocycles. The molecule has 1 N–H and O–H groups in total. The number of nitrogens with zero attached hydrogens (tertiary/aromatic N) is 2. The predicted molar refractivity (Wildman–Crippen MR) is 119 cm³/mol. The van der Waals surface area contributed by atoms with Crippen LogP contribution in [0.25, 0.3) is 0 Å². The Labute approximate surface area is 183 Å². The summed E-state index contributed by atoms with van der Waals surface area (Å²) in [4.78, 5) is 12.4. The molecule has 0 unspecified atom stereocenters. The van der Waals surface area contributed by atoms with Crippen LogP contribution in [-0.4, -0.2) is 28.9 Å². The van der Waals surface area contributed by atoms with Gasteiger partial charge in [0.15, 0.2) is 11.5 Å². The number of carbonyl (C=O) groups is 1. The SMILES string of the molecule is Cc1cc(C)n(Cc2cccc(CNC(=O)CCc3ccc4c(c3)OCCCO4)c2)n1. The minimum absolute atomic E-state index is 0.0380. The summed E-state index contributed by atoms with van der Waals surface area (Å²) in [5.74, 6) is 1.59. The zero-order valence-corrected chi connectivity index (χ0v) is 18.2. The lowest BCUT2D eigenvalue weighted by molar-refractivity contribution is -0.121. The first kappa shape index (κ1) is 21.0. The van der Waals surface area contributed by atoms with Gasteiger partial charge in [-0.25, -0.2) is 0 Å². The van der Waals surface area contributed by atoms with Crippen molar-refractivity contribution in [2.45, 2.75) is 46.2 Å². The van der Waals surface area contributed by atoms with E-state index < -0.39 is 0 Å². The van der Waals surface area contributed by atoms with Crippen LogP contribution in [0.2, 0.25) is 0 Å². The third-order valence-electron chi connectivity index (χ3n) is 5.37. The van der Waals surface area contributed by atoms with Crippen LogP contribution >= 0.6 is 0 Å². The highest BCUT2D eigenvalue weighted by Gasteiger charge is 2.11. The first-order valence-electron chi connectivity index (χ1n) is 10.8. The number of aromatic nitrogens is 2. The van der Waals surface area contributed by atoms with Crippen molar-refractivity contribution in [3.05, 3.63) is 76.6 Å². The largest absolute Gasteiger partial charge is 0.490 e. The van der Waals surface area contributed by atoms with Gasteiger partial charge in [-0.3, -0.25) is 9.48 Å². The summed E-state index contributed by atoms with van der Waals surface area (Å²) < 4.78 is 13.4. The number of carbonyl (C=O) groups excluding carboxylic acids is 1. The number of fused-ring (bicyclic) bond motifs is 1. The van der Waals surface area contributed by atoms with E-state index in [-0.39, 0.29) is 5.91 Å². The molecule has 0 spiro atoms. The molecule has 1 aliphatic heterocycles. The summed E-state index contributed by atoms with van der Waals surface area (Å²) in [6, 6.07) is 16.3. The molecule has 0 atom stereocenters. The van der Waals surface area contributed by atoms with Gasteiger partial charge in [0, 0.05) is 25.1 Å². The molecule has 31 heavy (non-hydrogen) atoms. The number of rotatable bonds is 7. The van der Waals surface area contributed by atoms with Crippen molar-refractivity contribution in [1.29, 1.82) is 0 Å². The standard InChI is InChI=1S/C25H29N3O3/c1-18-13-19(2)28(27-18)17-22-6-3-5-21(14-22)16-26-25(29)10-8-20-7-9-23-24(15-20)31-12-4-11-30-23/h3,5-7,9,13-15H,4,8,10-12,16-17H2,1-2H3,(H,26,29). The molecular weight excluding hydrogens is 390 g/mol. The van der Waals surface area contributed by atoms with E-state index in [1.54, 1.807) is 0 Å². The van der Waals surface area contributed by atoms with Crippen LogP contribution in [0.3, 0.4) is 0 Å². The van der Waals surface area contributed by atoms with Gasteiger partial charge in [-0.15, -0.1) is 0 Å². The fourth-order valence-corrected chi connectivity index (χ4v) is 3.76. The molecule has 0 fully saturated rings. The maximum atomic E-state index is 12.4. The van der Waals surface area contributed by atoms with E-state index in [1.165, 1.54) is 5.56 Å². The molecule has 2 aromatic carbocycles. The van der Waals surface area contributed by atoms with Crippen molar-refractivity contribution in [2.24, 2.45) is 0 Å². The number of hydrogen-bond acceptors (Lipinski definition) is 4. The second kappa shape index (κ2) is 9.69. The second-order valence-corrected chi connectivity index (χ2v) is 8.01. The van der Waals surface area contributed by atoms with Crippen LogP contribution < -0.4 is 14.8 Å². The van der Waals surface area contributed by atoms with Gasteiger partial charge >= 0.3 is 0 Å². The molecule has 1 amide bonds. The van der Waals surface area contributed by atoms with Gasteiger partial charge in [0.05, 0.1) is 25.5 Å². The highest BCUT2D eigenvalue weighted by Crippen LogP contribution is 2.30. The molecular formula is C25H29N3O3. The van der Waals surface area contributed by atoms with Crippen LogP contribution in [0.1, 0.15) is 40.9 Å². The summed E-state index contributed by atoms with van der Waals surface area (Å²) in [6.45, 7) is 6.65. The Kier molecular flexibility index (Phi) is 6.55. The summed E-state index contributed by atoms with van der Waals surface area (Å²) >= 11 is 0. The average molecular weight is 420 g/mol. The van der Waals surface area contributed by atoms with Crippen molar-refractivity contribution in [1.82, 2.24) is 15.1 Å². The zero-order valence-electron chi connectivity index (χ0n) is 18.2. The second-order valence-electron chi connectivity index (χ2n) is 8.01. The Hall–Kier alpha value is -3.28. The monoisotopic (exact) mass is 419 g/mol. The molecule has 0 saturated carbocycles. The van der Waals surface area contributed by atoms with E-state index in [4.69, 9.17) is 9.47 Å². The molecule has 0 bridgehead atoms. The average Bonchev–Trinajstić information content (AvgIpc) is 2.94. The Balaban J connectivity index is 1.28. The number of nitrogens with one attached hydrogen (secondary N) is 1. The number of hydrogen-bond donors (Lipinski definition) is 1. The molecule has 0 saturated heterocycles. The normalized spacial score (nSPS) is 13.0. The van der Waals surface area contributed by atoms with Gasteiger partial charge in [0.1, 0.15) is 0 Å². The third kappa shape index (κ3) is 5.66. The van der Waals surface area contributed by atoms with Crippen LogP contribution in [0.15, 0.2) is 48.5 Å². The number of ether oxygens (including phenoxy) is 2. The van der Waals surface area contributed by atoms with Gasteiger partial charge in [-0.1, -0.05) is 30.3 Å². The van der Waals surface area contributed by atoms with Crippen LogP contribution in [0.4, 0.5) is 0 Å². The molecule has 162 valence electrons. The Morgan fingerprint density at radius 1 is 1.00 bits per heavy atom. The highest BCUT2D eigenvalue weighted by molar-refractivity contribution is 5.76. The summed E-state index contributed by atoms with van der Waals surface area (Å²) in [5, 5.41) is 7.56. The Morgan fingerprint density at radius 2 is 1.81 bits per heavy atom. The van der Waals surface area contributed by atoms with Crippen LogP contribution in [-0.2, 0) is 24.3 Å². The Morgan fingerprint density at radius 3 is 2.61 bits per heavy atom.